The Hall–Kier alpha value is -3.07. The highest BCUT2D eigenvalue weighted by Gasteiger charge is 2.11. The van der Waals surface area contributed by atoms with Crippen LogP contribution in [0.1, 0.15) is 23.6 Å². The average Bonchev–Trinajstić information content (AvgIpc) is 2.69. The molecule has 0 spiro atoms. The first-order valence-electron chi connectivity index (χ1n) is 9.32. The summed E-state index contributed by atoms with van der Waals surface area (Å²) in [5.74, 6) is 0.698. The second kappa shape index (κ2) is 11.2. The smallest absolute Gasteiger partial charge is 0.332 e. The Bertz CT molecular complexity index is 947. The molecule has 8 nitrogen and oxygen atoms in total. The fraction of sp³-hybridized carbons (Fsp3) is 0.286. The number of nitrogens with zero attached hydrogens (tertiary/aromatic N) is 1. The molecule has 160 valence electrons. The Kier molecular flexibility index (Phi) is 8.67. The molecule has 3 amide bonds. The number of carbonyl (C=O) groups is 2. The summed E-state index contributed by atoms with van der Waals surface area (Å²) in [6.07, 6.45) is 1.98. The zero-order valence-corrected chi connectivity index (χ0v) is 18.7. The monoisotopic (exact) mass is 476 g/mol. The summed E-state index contributed by atoms with van der Waals surface area (Å²) in [6.45, 7) is 6.13. The van der Waals surface area contributed by atoms with E-state index in [9.17, 15) is 9.59 Å². The number of rotatable bonds is 9. The van der Waals surface area contributed by atoms with Gasteiger partial charge in [-0.25, -0.2) is 10.2 Å². The van der Waals surface area contributed by atoms with Crippen LogP contribution in [0.5, 0.6) is 11.5 Å². The molecule has 0 aromatic heterocycles. The van der Waals surface area contributed by atoms with Gasteiger partial charge in [0, 0.05) is 17.1 Å². The zero-order chi connectivity index (χ0) is 22.1. The van der Waals surface area contributed by atoms with Crippen LogP contribution in [0.25, 0.3) is 0 Å². The number of nitrogens with one attached hydrogen (secondary N) is 2. The number of ether oxygens (including phenoxy) is 2. The predicted octanol–water partition coefficient (Wildman–Crippen LogP) is 3.68. The topological polar surface area (TPSA) is 115 Å². The number of benzene rings is 2. The number of primary amides is 1. The molecule has 9 heteroatoms. The number of halogens is 1. The molecule has 2 aromatic rings. The van der Waals surface area contributed by atoms with Crippen molar-refractivity contribution in [2.45, 2.75) is 27.2 Å². The molecule has 0 saturated heterocycles. The molecule has 0 aliphatic heterocycles. The van der Waals surface area contributed by atoms with Crippen molar-refractivity contribution < 1.29 is 19.1 Å². The third-order valence-corrected chi connectivity index (χ3v) is 4.77. The highest BCUT2D eigenvalue weighted by Crippen LogP contribution is 2.29. The van der Waals surface area contributed by atoms with E-state index >= 15 is 0 Å². The van der Waals surface area contributed by atoms with Crippen LogP contribution in [0.3, 0.4) is 0 Å². The van der Waals surface area contributed by atoms with Crippen molar-refractivity contribution in [3.05, 3.63) is 51.5 Å². The summed E-state index contributed by atoms with van der Waals surface area (Å²) in [5, 5.41) is 6.54. The second-order valence-corrected chi connectivity index (χ2v) is 7.31. The molecular weight excluding hydrogens is 452 g/mol. The van der Waals surface area contributed by atoms with Gasteiger partial charge in [-0.05, 0) is 77.7 Å². The Labute approximate surface area is 183 Å². The van der Waals surface area contributed by atoms with Gasteiger partial charge in [0.2, 0.25) is 0 Å². The molecule has 30 heavy (non-hydrogen) atoms. The van der Waals surface area contributed by atoms with Gasteiger partial charge in [0.15, 0.2) is 18.1 Å². The van der Waals surface area contributed by atoms with Crippen molar-refractivity contribution in [1.82, 2.24) is 5.43 Å². The standard InChI is InChI=1S/C21H25BrN4O4/c1-4-29-19-11-15(7-8-24-26-21(23)28)5-6-18(19)30-12-20(27)25-17-10-14(3)13(2)9-16(17)22/h5-6,8-11H,4,7,12H2,1-3H3,(H,25,27)(H3,23,26,28)/b24-8+. The van der Waals surface area contributed by atoms with E-state index in [4.69, 9.17) is 15.2 Å². The lowest BCUT2D eigenvalue weighted by atomic mass is 10.1. The van der Waals surface area contributed by atoms with Gasteiger partial charge < -0.3 is 20.5 Å². The zero-order valence-electron chi connectivity index (χ0n) is 17.1. The summed E-state index contributed by atoms with van der Waals surface area (Å²) in [7, 11) is 0. The Morgan fingerprint density at radius 3 is 2.57 bits per heavy atom. The van der Waals surface area contributed by atoms with Gasteiger partial charge in [-0.2, -0.15) is 5.10 Å². The second-order valence-electron chi connectivity index (χ2n) is 6.46. The fourth-order valence-electron chi connectivity index (χ4n) is 2.53. The first-order valence-corrected chi connectivity index (χ1v) is 10.1. The van der Waals surface area contributed by atoms with Gasteiger partial charge in [-0.1, -0.05) is 6.07 Å². The minimum absolute atomic E-state index is 0.164. The van der Waals surface area contributed by atoms with E-state index in [1.54, 1.807) is 12.1 Å². The van der Waals surface area contributed by atoms with Gasteiger partial charge in [-0.15, -0.1) is 0 Å². The van der Waals surface area contributed by atoms with E-state index < -0.39 is 6.03 Å². The maximum absolute atomic E-state index is 12.3. The van der Waals surface area contributed by atoms with Crippen LogP contribution in [0.2, 0.25) is 0 Å². The normalized spacial score (nSPS) is 10.7. The summed E-state index contributed by atoms with van der Waals surface area (Å²) in [4.78, 5) is 23.0. The number of amides is 3. The van der Waals surface area contributed by atoms with Gasteiger partial charge in [0.1, 0.15) is 0 Å². The molecule has 0 aliphatic rings. The molecule has 0 heterocycles. The lowest BCUT2D eigenvalue weighted by molar-refractivity contribution is -0.118. The lowest BCUT2D eigenvalue weighted by Crippen LogP contribution is -2.24. The SMILES string of the molecule is CCOc1cc(C/C=N/NC(N)=O)ccc1OCC(=O)Nc1cc(C)c(C)cc1Br. The highest BCUT2D eigenvalue weighted by atomic mass is 79.9. The van der Waals surface area contributed by atoms with Gasteiger partial charge in [0.25, 0.3) is 5.91 Å². The Morgan fingerprint density at radius 2 is 1.87 bits per heavy atom. The van der Waals surface area contributed by atoms with E-state index in [-0.39, 0.29) is 12.5 Å². The van der Waals surface area contributed by atoms with Crippen molar-refractivity contribution in [3.63, 3.8) is 0 Å². The quantitative estimate of drug-likeness (QED) is 0.378. The Balaban J connectivity index is 2.01. The van der Waals surface area contributed by atoms with Gasteiger partial charge in [0.05, 0.1) is 12.3 Å². The number of anilines is 1. The fourth-order valence-corrected chi connectivity index (χ4v) is 3.09. The molecule has 4 N–H and O–H groups in total. The summed E-state index contributed by atoms with van der Waals surface area (Å²) < 4.78 is 12.1. The first kappa shape index (κ1) is 23.2. The van der Waals surface area contributed by atoms with Crippen molar-refractivity contribution in [2.24, 2.45) is 10.8 Å². The van der Waals surface area contributed by atoms with E-state index in [2.05, 4.69) is 31.8 Å². The van der Waals surface area contributed by atoms with E-state index in [1.807, 2.05) is 39.0 Å². The number of urea groups is 1. The van der Waals surface area contributed by atoms with E-state index in [1.165, 1.54) is 6.21 Å². The minimum Gasteiger partial charge on any atom is -0.490 e. The predicted molar refractivity (Wildman–Crippen MR) is 120 cm³/mol. The highest BCUT2D eigenvalue weighted by molar-refractivity contribution is 9.10. The van der Waals surface area contributed by atoms with Crippen molar-refractivity contribution in [1.29, 1.82) is 0 Å². The van der Waals surface area contributed by atoms with Gasteiger partial charge in [-0.3, -0.25) is 4.79 Å². The number of hydrogen-bond acceptors (Lipinski definition) is 5. The summed E-state index contributed by atoms with van der Waals surface area (Å²) in [5.41, 5.74) is 10.9. The molecule has 0 fully saturated rings. The van der Waals surface area contributed by atoms with Crippen LogP contribution >= 0.6 is 15.9 Å². The molecule has 0 bridgehead atoms. The van der Waals surface area contributed by atoms with Crippen molar-refractivity contribution in [3.8, 4) is 11.5 Å². The number of aryl methyl sites for hydroxylation is 2. The largest absolute Gasteiger partial charge is 0.490 e. The number of hydrazone groups is 1. The first-order chi connectivity index (χ1) is 14.3. The van der Waals surface area contributed by atoms with Crippen LogP contribution < -0.4 is 25.9 Å². The van der Waals surface area contributed by atoms with Crippen molar-refractivity contribution in [2.75, 3.05) is 18.5 Å². The van der Waals surface area contributed by atoms with Crippen LogP contribution in [0.4, 0.5) is 10.5 Å². The third-order valence-electron chi connectivity index (χ3n) is 4.12. The van der Waals surface area contributed by atoms with Gasteiger partial charge >= 0.3 is 6.03 Å². The lowest BCUT2D eigenvalue weighted by Gasteiger charge is -2.14. The third kappa shape index (κ3) is 7.07. The van der Waals surface area contributed by atoms with E-state index in [0.717, 1.165) is 21.2 Å². The van der Waals surface area contributed by atoms with Crippen LogP contribution in [-0.2, 0) is 11.2 Å². The van der Waals surface area contributed by atoms with Crippen LogP contribution in [-0.4, -0.2) is 31.4 Å². The maximum Gasteiger partial charge on any atom is 0.332 e. The Morgan fingerprint density at radius 1 is 1.13 bits per heavy atom. The molecule has 2 rings (SSSR count). The molecule has 0 atom stereocenters. The van der Waals surface area contributed by atoms with Crippen molar-refractivity contribution >= 4 is 39.8 Å². The molecular formula is C21H25BrN4O4. The number of hydrogen-bond donors (Lipinski definition) is 3. The molecule has 0 aliphatic carbocycles. The number of nitrogens with two attached hydrogens (primary N) is 1. The number of carbonyl (C=O) groups excluding carboxylic acids is 2. The van der Waals surface area contributed by atoms with Crippen LogP contribution in [0.15, 0.2) is 39.9 Å². The van der Waals surface area contributed by atoms with Crippen LogP contribution in [0, 0.1) is 13.8 Å². The van der Waals surface area contributed by atoms with E-state index in [0.29, 0.717) is 30.2 Å². The molecule has 0 radical (unpaired) electrons. The maximum atomic E-state index is 12.3. The average molecular weight is 477 g/mol. The summed E-state index contributed by atoms with van der Waals surface area (Å²) >= 11 is 3.46. The minimum atomic E-state index is -0.726. The summed E-state index contributed by atoms with van der Waals surface area (Å²) in [6, 6.07) is 8.50. The molecule has 0 saturated carbocycles. The molecule has 2 aromatic carbocycles. The molecule has 0 unspecified atom stereocenters.